The topological polar surface area (TPSA) is 44.8 Å². The van der Waals surface area contributed by atoms with E-state index < -0.39 is 5.79 Å². The van der Waals surface area contributed by atoms with Gasteiger partial charge in [-0.15, -0.1) is 0 Å². The van der Waals surface area contributed by atoms with Gasteiger partial charge in [0.05, 0.1) is 19.8 Å². The van der Waals surface area contributed by atoms with Crippen LogP contribution in [-0.4, -0.2) is 38.0 Å². The third-order valence-corrected chi connectivity index (χ3v) is 3.29. The molecule has 2 atom stereocenters. The van der Waals surface area contributed by atoms with E-state index in [0.717, 1.165) is 45.0 Å². The Bertz CT molecular complexity index is 231. The van der Waals surface area contributed by atoms with E-state index in [1.807, 2.05) is 0 Å². The van der Waals surface area contributed by atoms with Gasteiger partial charge in [0.15, 0.2) is 5.79 Å². The molecule has 92 valence electrons. The van der Waals surface area contributed by atoms with Crippen LogP contribution in [0.25, 0.3) is 0 Å². The number of hydrogen-bond donors (Lipinski definition) is 0. The molecule has 0 bridgehead atoms. The predicted octanol–water partition coefficient (Wildman–Crippen LogP) is 1.67. The largest absolute Gasteiger partial charge is 0.370 e. The van der Waals surface area contributed by atoms with Crippen molar-refractivity contribution in [3.8, 4) is 0 Å². The van der Waals surface area contributed by atoms with Crippen molar-refractivity contribution in [3.05, 3.63) is 0 Å². The van der Waals surface area contributed by atoms with Crippen LogP contribution < -0.4 is 0 Å². The number of ether oxygens (including phenoxy) is 3. The molecule has 4 nitrogen and oxygen atoms in total. The van der Waals surface area contributed by atoms with Crippen molar-refractivity contribution in [3.63, 3.8) is 0 Å². The van der Waals surface area contributed by atoms with E-state index >= 15 is 0 Å². The van der Waals surface area contributed by atoms with Gasteiger partial charge in [0.1, 0.15) is 12.4 Å². The van der Waals surface area contributed by atoms with Gasteiger partial charge < -0.3 is 19.0 Å². The fourth-order valence-electron chi connectivity index (χ4n) is 2.48. The molecular formula is C12H20O4. The molecule has 0 aliphatic carbocycles. The van der Waals surface area contributed by atoms with Crippen LogP contribution in [0, 0.1) is 0 Å². The number of carbonyl (C=O) groups is 1. The molecule has 2 rings (SSSR count). The summed E-state index contributed by atoms with van der Waals surface area (Å²) in [5.74, 6) is -0.572. The average molecular weight is 228 g/mol. The lowest BCUT2D eigenvalue weighted by molar-refractivity contribution is -0.323. The zero-order valence-corrected chi connectivity index (χ0v) is 9.65. The summed E-state index contributed by atoms with van der Waals surface area (Å²) in [5, 5.41) is 0. The molecule has 2 aliphatic heterocycles. The first-order valence-corrected chi connectivity index (χ1v) is 6.20. The van der Waals surface area contributed by atoms with Gasteiger partial charge in [-0.05, 0) is 25.7 Å². The molecule has 0 spiro atoms. The lowest BCUT2D eigenvalue weighted by Crippen LogP contribution is -2.52. The van der Waals surface area contributed by atoms with Crippen molar-refractivity contribution < 1.29 is 19.0 Å². The molecule has 2 unspecified atom stereocenters. The zero-order valence-electron chi connectivity index (χ0n) is 9.65. The van der Waals surface area contributed by atoms with Crippen LogP contribution in [-0.2, 0) is 19.0 Å². The molecule has 0 amide bonds. The summed E-state index contributed by atoms with van der Waals surface area (Å²) >= 11 is 0. The van der Waals surface area contributed by atoms with E-state index in [2.05, 4.69) is 0 Å². The fourth-order valence-corrected chi connectivity index (χ4v) is 2.48. The summed E-state index contributed by atoms with van der Waals surface area (Å²) in [4.78, 5) is 10.4. The van der Waals surface area contributed by atoms with Crippen LogP contribution in [0.15, 0.2) is 0 Å². The summed E-state index contributed by atoms with van der Waals surface area (Å²) in [6, 6.07) is 0. The molecule has 0 aromatic heterocycles. The lowest BCUT2D eigenvalue weighted by Gasteiger charge is -2.42. The smallest absolute Gasteiger partial charge is 0.194 e. The van der Waals surface area contributed by atoms with Crippen LogP contribution in [0.3, 0.4) is 0 Å². The fraction of sp³-hybridized carbons (Fsp3) is 0.917. The number of unbranched alkanes of at least 4 members (excludes halogenated alkanes) is 1. The van der Waals surface area contributed by atoms with Crippen LogP contribution >= 0.6 is 0 Å². The summed E-state index contributed by atoms with van der Waals surface area (Å²) in [6.07, 6.45) is 6.34. The van der Waals surface area contributed by atoms with Crippen molar-refractivity contribution in [1.82, 2.24) is 0 Å². The minimum Gasteiger partial charge on any atom is -0.370 e. The summed E-state index contributed by atoms with van der Waals surface area (Å²) < 4.78 is 17.5. The molecule has 16 heavy (non-hydrogen) atoms. The number of fused-ring (bicyclic) bond motifs is 1. The van der Waals surface area contributed by atoms with Crippen LogP contribution in [0.2, 0.25) is 0 Å². The van der Waals surface area contributed by atoms with Gasteiger partial charge in [-0.3, -0.25) is 0 Å². The van der Waals surface area contributed by atoms with E-state index in [0.29, 0.717) is 19.6 Å². The molecule has 4 heteroatoms. The van der Waals surface area contributed by atoms with Crippen molar-refractivity contribution in [1.29, 1.82) is 0 Å². The molecule has 2 aliphatic rings. The molecule has 2 heterocycles. The van der Waals surface area contributed by atoms with Crippen molar-refractivity contribution in [2.45, 2.75) is 50.4 Å². The maximum atomic E-state index is 10.4. The van der Waals surface area contributed by atoms with Crippen molar-refractivity contribution in [2.24, 2.45) is 0 Å². The average Bonchev–Trinajstić information content (AvgIpc) is 2.52. The summed E-state index contributed by atoms with van der Waals surface area (Å²) in [5.41, 5.74) is 0. The molecular weight excluding hydrogens is 208 g/mol. The minimum absolute atomic E-state index is 0.0513. The second-order valence-corrected chi connectivity index (χ2v) is 4.42. The third kappa shape index (κ3) is 2.62. The van der Waals surface area contributed by atoms with Crippen LogP contribution in [0.1, 0.15) is 38.5 Å². The quantitative estimate of drug-likeness (QED) is 0.542. The van der Waals surface area contributed by atoms with Crippen molar-refractivity contribution >= 4 is 6.29 Å². The first-order chi connectivity index (χ1) is 7.87. The third-order valence-electron chi connectivity index (χ3n) is 3.29. The predicted molar refractivity (Wildman–Crippen MR) is 58.1 cm³/mol. The zero-order chi connectivity index (χ0) is 11.3. The van der Waals surface area contributed by atoms with E-state index in [1.54, 1.807) is 0 Å². The second kappa shape index (κ2) is 5.75. The summed E-state index contributed by atoms with van der Waals surface area (Å²) in [7, 11) is 0. The Hall–Kier alpha value is -0.450. The molecule has 2 saturated heterocycles. The Kier molecular flexibility index (Phi) is 4.32. The number of hydrogen-bond acceptors (Lipinski definition) is 4. The van der Waals surface area contributed by atoms with Gasteiger partial charge in [-0.1, -0.05) is 0 Å². The number of carbonyl (C=O) groups excluding carboxylic acids is 1. The highest BCUT2D eigenvalue weighted by Crippen LogP contribution is 2.35. The molecule has 0 aromatic rings. The van der Waals surface area contributed by atoms with Gasteiger partial charge >= 0.3 is 0 Å². The maximum Gasteiger partial charge on any atom is 0.194 e. The monoisotopic (exact) mass is 228 g/mol. The van der Waals surface area contributed by atoms with Crippen LogP contribution in [0.5, 0.6) is 0 Å². The SMILES string of the molecule is O=CCCCC12OCCCCC1OCCO2. The Balaban J connectivity index is 2.00. The first kappa shape index (κ1) is 12.0. The van der Waals surface area contributed by atoms with Gasteiger partial charge in [0, 0.05) is 12.8 Å². The molecule has 2 fully saturated rings. The molecule has 0 radical (unpaired) electrons. The second-order valence-electron chi connectivity index (χ2n) is 4.42. The standard InChI is InChI=1S/C12H20O4/c13-7-3-2-6-12-11(14-9-10-16-12)5-1-4-8-15-12/h7,11H,1-6,8-10H2. The highest BCUT2D eigenvalue weighted by atomic mass is 16.7. The molecule has 0 N–H and O–H groups in total. The van der Waals surface area contributed by atoms with Gasteiger partial charge in [-0.2, -0.15) is 0 Å². The highest BCUT2D eigenvalue weighted by molar-refractivity contribution is 5.48. The maximum absolute atomic E-state index is 10.4. The van der Waals surface area contributed by atoms with E-state index in [1.165, 1.54) is 0 Å². The Morgan fingerprint density at radius 2 is 2.06 bits per heavy atom. The Morgan fingerprint density at radius 3 is 2.94 bits per heavy atom. The van der Waals surface area contributed by atoms with Gasteiger partial charge in [-0.25, -0.2) is 0 Å². The molecule has 0 aromatic carbocycles. The highest BCUT2D eigenvalue weighted by Gasteiger charge is 2.44. The van der Waals surface area contributed by atoms with Gasteiger partial charge in [0.2, 0.25) is 0 Å². The van der Waals surface area contributed by atoms with Gasteiger partial charge in [0.25, 0.3) is 0 Å². The minimum atomic E-state index is -0.572. The first-order valence-electron chi connectivity index (χ1n) is 6.20. The van der Waals surface area contributed by atoms with E-state index in [-0.39, 0.29) is 6.10 Å². The Labute approximate surface area is 96.2 Å². The number of rotatable bonds is 4. The Morgan fingerprint density at radius 1 is 1.19 bits per heavy atom. The van der Waals surface area contributed by atoms with Crippen LogP contribution in [0.4, 0.5) is 0 Å². The van der Waals surface area contributed by atoms with E-state index in [4.69, 9.17) is 14.2 Å². The summed E-state index contributed by atoms with van der Waals surface area (Å²) in [6.45, 7) is 1.99. The number of aldehydes is 1. The normalized spacial score (nSPS) is 35.1. The van der Waals surface area contributed by atoms with Crippen molar-refractivity contribution in [2.75, 3.05) is 19.8 Å². The van der Waals surface area contributed by atoms with E-state index in [9.17, 15) is 4.79 Å². The lowest BCUT2D eigenvalue weighted by atomic mass is 9.98. The molecule has 0 saturated carbocycles.